The van der Waals surface area contributed by atoms with Gasteiger partial charge in [0.05, 0.1) is 18.1 Å². The molecule has 0 spiro atoms. The number of piperidine rings is 1. The normalized spacial score (nSPS) is 16.3. The van der Waals surface area contributed by atoms with E-state index in [0.717, 1.165) is 50.1 Å². The van der Waals surface area contributed by atoms with Gasteiger partial charge in [0.15, 0.2) is 5.75 Å². The van der Waals surface area contributed by atoms with Crippen molar-refractivity contribution in [3.63, 3.8) is 0 Å². The SMILES string of the molecule is CC(=O)NCC1CCN(Cc2cc(Oc3cnc(N4CCN(C(=O)OC(C)(C)C)CC4)nc3)nc(-c3cc(Cl)cc(Cl)c3)c2)CC1. The molecule has 11 nitrogen and oxygen atoms in total. The molecule has 0 atom stereocenters. The predicted octanol–water partition coefficient (Wildman–Crippen LogP) is 6.04. The van der Waals surface area contributed by atoms with Gasteiger partial charge < -0.3 is 24.6 Å². The Kier molecular flexibility index (Phi) is 10.9. The van der Waals surface area contributed by atoms with Crippen molar-refractivity contribution in [3.05, 3.63) is 58.3 Å². The third-order valence-corrected chi connectivity index (χ3v) is 8.26. The highest BCUT2D eigenvalue weighted by Gasteiger charge is 2.27. The molecule has 4 heterocycles. The van der Waals surface area contributed by atoms with Gasteiger partial charge in [-0.15, -0.1) is 0 Å². The molecule has 5 rings (SSSR count). The first-order valence-corrected chi connectivity index (χ1v) is 16.3. The Morgan fingerprint density at radius 3 is 2.20 bits per heavy atom. The quantitative estimate of drug-likeness (QED) is 0.307. The third kappa shape index (κ3) is 9.67. The van der Waals surface area contributed by atoms with Crippen LogP contribution in [-0.2, 0) is 16.1 Å². The van der Waals surface area contributed by atoms with E-state index in [9.17, 15) is 9.59 Å². The fraction of sp³-hybridized carbons (Fsp3) is 0.485. The number of aromatic nitrogens is 3. The molecule has 2 aliphatic rings. The van der Waals surface area contributed by atoms with Crippen LogP contribution in [0.3, 0.4) is 0 Å². The van der Waals surface area contributed by atoms with Crippen molar-refractivity contribution >= 4 is 41.2 Å². The molecule has 13 heteroatoms. The molecule has 1 N–H and O–H groups in total. The molecule has 0 radical (unpaired) electrons. The lowest BCUT2D eigenvalue weighted by Crippen LogP contribution is -2.50. The van der Waals surface area contributed by atoms with Gasteiger partial charge in [0, 0.05) is 67.9 Å². The lowest BCUT2D eigenvalue weighted by atomic mass is 9.96. The lowest BCUT2D eigenvalue weighted by Gasteiger charge is -2.35. The second-order valence-electron chi connectivity index (χ2n) is 12.8. The fourth-order valence-corrected chi connectivity index (χ4v) is 6.03. The number of piperazine rings is 1. The summed E-state index contributed by atoms with van der Waals surface area (Å²) in [5.41, 5.74) is 1.99. The molecule has 0 saturated carbocycles. The first-order chi connectivity index (χ1) is 21.9. The molecule has 2 aromatic heterocycles. The minimum atomic E-state index is -0.532. The number of benzene rings is 1. The van der Waals surface area contributed by atoms with Crippen LogP contribution in [0.4, 0.5) is 10.7 Å². The summed E-state index contributed by atoms with van der Waals surface area (Å²) >= 11 is 12.7. The van der Waals surface area contributed by atoms with Gasteiger partial charge >= 0.3 is 6.09 Å². The number of nitrogens with one attached hydrogen (secondary N) is 1. The van der Waals surface area contributed by atoms with Gasteiger partial charge in [-0.25, -0.2) is 19.7 Å². The molecule has 46 heavy (non-hydrogen) atoms. The van der Waals surface area contributed by atoms with Crippen molar-refractivity contribution in [3.8, 4) is 22.9 Å². The Morgan fingerprint density at radius 2 is 1.59 bits per heavy atom. The van der Waals surface area contributed by atoms with Gasteiger partial charge in [-0.1, -0.05) is 23.2 Å². The van der Waals surface area contributed by atoms with Crippen LogP contribution in [0.15, 0.2) is 42.7 Å². The zero-order valence-corrected chi connectivity index (χ0v) is 28.3. The summed E-state index contributed by atoms with van der Waals surface area (Å²) in [7, 11) is 0. The van der Waals surface area contributed by atoms with Crippen LogP contribution in [0.1, 0.15) is 46.1 Å². The van der Waals surface area contributed by atoms with E-state index in [0.29, 0.717) is 65.4 Å². The Bertz CT molecular complexity index is 1500. The van der Waals surface area contributed by atoms with Gasteiger partial charge in [0.25, 0.3) is 0 Å². The Hall–Kier alpha value is -3.67. The molecule has 0 bridgehead atoms. The van der Waals surface area contributed by atoms with Crippen LogP contribution >= 0.6 is 23.2 Å². The number of carbonyl (C=O) groups is 2. The smallest absolute Gasteiger partial charge is 0.410 e. The van der Waals surface area contributed by atoms with E-state index in [1.807, 2.05) is 49.9 Å². The van der Waals surface area contributed by atoms with E-state index in [2.05, 4.69) is 20.2 Å². The van der Waals surface area contributed by atoms with E-state index in [1.165, 1.54) is 0 Å². The van der Waals surface area contributed by atoms with Crippen LogP contribution in [-0.4, -0.2) is 88.2 Å². The number of hydrogen-bond acceptors (Lipinski definition) is 9. The van der Waals surface area contributed by atoms with Crippen molar-refractivity contribution in [1.29, 1.82) is 0 Å². The summed E-state index contributed by atoms with van der Waals surface area (Å²) in [5, 5.41) is 3.99. The molecule has 2 saturated heterocycles. The highest BCUT2D eigenvalue weighted by molar-refractivity contribution is 6.35. The van der Waals surface area contributed by atoms with E-state index >= 15 is 0 Å². The number of hydrogen-bond donors (Lipinski definition) is 1. The summed E-state index contributed by atoms with van der Waals surface area (Å²) in [6.45, 7) is 12.7. The maximum atomic E-state index is 12.4. The number of amides is 2. The van der Waals surface area contributed by atoms with Crippen molar-refractivity contribution in [2.75, 3.05) is 50.7 Å². The van der Waals surface area contributed by atoms with Crippen molar-refractivity contribution in [2.24, 2.45) is 5.92 Å². The molecule has 2 aliphatic heterocycles. The summed E-state index contributed by atoms with van der Waals surface area (Å²) in [4.78, 5) is 43.7. The van der Waals surface area contributed by atoms with Crippen molar-refractivity contribution in [1.82, 2.24) is 30.1 Å². The summed E-state index contributed by atoms with van der Waals surface area (Å²) in [6.07, 6.45) is 4.99. The highest BCUT2D eigenvalue weighted by Crippen LogP contribution is 2.31. The number of rotatable bonds is 8. The standard InChI is InChI=1S/C33H41Cl2N7O4/c1-22(43)36-18-23-5-7-40(8-6-23)21-24-13-29(25-15-26(34)17-27(35)16-25)39-30(14-24)45-28-19-37-31(38-20-28)41-9-11-42(12-10-41)32(44)46-33(2,3)4/h13-17,19-20,23H,5-12,18,21H2,1-4H3,(H,36,43). The van der Waals surface area contributed by atoms with Crippen LogP contribution in [0.5, 0.6) is 11.6 Å². The molecule has 2 amide bonds. The van der Waals surface area contributed by atoms with E-state index in [4.69, 9.17) is 37.7 Å². The first-order valence-electron chi connectivity index (χ1n) is 15.6. The van der Waals surface area contributed by atoms with Crippen LogP contribution in [0, 0.1) is 5.92 Å². The van der Waals surface area contributed by atoms with Gasteiger partial charge in [-0.2, -0.15) is 0 Å². The van der Waals surface area contributed by atoms with E-state index < -0.39 is 5.60 Å². The molecule has 0 unspecified atom stereocenters. The van der Waals surface area contributed by atoms with E-state index in [1.54, 1.807) is 30.3 Å². The summed E-state index contributed by atoms with van der Waals surface area (Å²) in [6, 6.07) is 9.32. The van der Waals surface area contributed by atoms with Gasteiger partial charge in [0.2, 0.25) is 17.7 Å². The van der Waals surface area contributed by atoms with Crippen LogP contribution in [0.2, 0.25) is 10.0 Å². The number of halogens is 2. The number of likely N-dealkylation sites (tertiary alicyclic amines) is 1. The second-order valence-corrected chi connectivity index (χ2v) is 13.7. The molecule has 1 aromatic carbocycles. The minimum absolute atomic E-state index is 0.0126. The Labute approximate surface area is 280 Å². The van der Waals surface area contributed by atoms with E-state index in [-0.39, 0.29) is 12.0 Å². The third-order valence-electron chi connectivity index (χ3n) is 7.82. The molecule has 2 fully saturated rings. The van der Waals surface area contributed by atoms with Crippen LogP contribution in [0.25, 0.3) is 11.3 Å². The molecule has 0 aliphatic carbocycles. The number of pyridine rings is 1. The number of anilines is 1. The Morgan fingerprint density at radius 1 is 0.935 bits per heavy atom. The van der Waals surface area contributed by atoms with Gasteiger partial charge in [-0.3, -0.25) is 9.69 Å². The van der Waals surface area contributed by atoms with Crippen LogP contribution < -0.4 is 15.0 Å². The maximum absolute atomic E-state index is 12.4. The predicted molar refractivity (Wildman–Crippen MR) is 179 cm³/mol. The van der Waals surface area contributed by atoms with Gasteiger partial charge in [0.1, 0.15) is 5.60 Å². The molecule has 246 valence electrons. The van der Waals surface area contributed by atoms with Crippen molar-refractivity contribution in [2.45, 2.75) is 52.7 Å². The Balaban J connectivity index is 1.26. The average Bonchev–Trinajstić information content (AvgIpc) is 3.00. The number of ether oxygens (including phenoxy) is 2. The topological polar surface area (TPSA) is 113 Å². The largest absolute Gasteiger partial charge is 0.444 e. The zero-order valence-electron chi connectivity index (χ0n) is 26.8. The molecular weight excluding hydrogens is 629 g/mol. The molecule has 3 aromatic rings. The summed E-state index contributed by atoms with van der Waals surface area (Å²) in [5.74, 6) is 1.92. The first kappa shape index (κ1) is 33.7. The monoisotopic (exact) mass is 669 g/mol. The average molecular weight is 671 g/mol. The second kappa shape index (κ2) is 14.8. The summed E-state index contributed by atoms with van der Waals surface area (Å²) < 4.78 is 11.7. The zero-order chi connectivity index (χ0) is 32.8. The number of nitrogens with zero attached hydrogens (tertiary/aromatic N) is 6. The highest BCUT2D eigenvalue weighted by atomic mass is 35.5. The fourth-order valence-electron chi connectivity index (χ4n) is 5.51. The van der Waals surface area contributed by atoms with Gasteiger partial charge in [-0.05, 0) is 82.4 Å². The maximum Gasteiger partial charge on any atom is 0.410 e. The lowest BCUT2D eigenvalue weighted by molar-refractivity contribution is -0.119. The number of carbonyl (C=O) groups excluding carboxylic acids is 2. The van der Waals surface area contributed by atoms with Crippen molar-refractivity contribution < 1.29 is 19.1 Å². The molecular formula is C33H41Cl2N7O4. The minimum Gasteiger partial charge on any atom is -0.444 e.